The lowest BCUT2D eigenvalue weighted by molar-refractivity contribution is 0.416. The van der Waals surface area contributed by atoms with Gasteiger partial charge in [0.15, 0.2) is 0 Å². The topological polar surface area (TPSA) is 14.1 Å². The van der Waals surface area contributed by atoms with Crippen LogP contribution >= 0.6 is 0 Å². The van der Waals surface area contributed by atoms with Crippen LogP contribution < -0.4 is 5.32 Å². The van der Waals surface area contributed by atoms with Crippen LogP contribution in [-0.2, 0) is 0 Å². The van der Waals surface area contributed by atoms with Crippen molar-refractivity contribution in [1.29, 1.82) is 0 Å². The van der Waals surface area contributed by atoms with Crippen LogP contribution in [0, 0.1) is 0 Å². The predicted octanol–water partition coefficient (Wildman–Crippen LogP) is 2.64. The fourth-order valence-corrected chi connectivity index (χ4v) is 2.26. The summed E-state index contributed by atoms with van der Waals surface area (Å²) in [5.74, 6) is 0. The number of hydrogen-bond donors (Lipinski definition) is 0. The Hall–Kier alpha value is -0.300. The highest BCUT2D eigenvalue weighted by Gasteiger charge is 2.18. The van der Waals surface area contributed by atoms with Gasteiger partial charge in [0.1, 0.15) is 0 Å². The van der Waals surface area contributed by atoms with Crippen molar-refractivity contribution in [2.24, 2.45) is 0 Å². The fourth-order valence-electron chi connectivity index (χ4n) is 2.26. The van der Waals surface area contributed by atoms with Gasteiger partial charge in [-0.1, -0.05) is 18.1 Å². The standard InChI is InChI=1S/C11H18N/c1-2-6-10(7-3-1)11-8-4-5-9-12-11/h6,11H,1-5,7-9H2. The zero-order valence-electron chi connectivity index (χ0n) is 7.76. The summed E-state index contributed by atoms with van der Waals surface area (Å²) in [7, 11) is 0. The Balaban J connectivity index is 1.92. The molecule has 1 atom stereocenters. The third-order valence-corrected chi connectivity index (χ3v) is 2.99. The van der Waals surface area contributed by atoms with Gasteiger partial charge in [-0.25, -0.2) is 5.32 Å². The molecule has 2 aliphatic rings. The van der Waals surface area contributed by atoms with Crippen molar-refractivity contribution >= 4 is 0 Å². The molecule has 1 unspecified atom stereocenters. The summed E-state index contributed by atoms with van der Waals surface area (Å²) >= 11 is 0. The number of allylic oxidation sites excluding steroid dienone is 1. The van der Waals surface area contributed by atoms with E-state index in [1.54, 1.807) is 5.57 Å². The van der Waals surface area contributed by atoms with Gasteiger partial charge >= 0.3 is 0 Å². The number of hydrogen-bond acceptors (Lipinski definition) is 0. The molecule has 0 aromatic heterocycles. The van der Waals surface area contributed by atoms with Crippen LogP contribution in [0.1, 0.15) is 44.9 Å². The van der Waals surface area contributed by atoms with E-state index >= 15 is 0 Å². The lowest BCUT2D eigenvalue weighted by Gasteiger charge is -2.26. The largest absolute Gasteiger partial charge is 0.234 e. The lowest BCUT2D eigenvalue weighted by Crippen LogP contribution is -2.30. The molecule has 1 nitrogen and oxygen atoms in total. The molecule has 1 heterocycles. The molecule has 2 rings (SSSR count). The summed E-state index contributed by atoms with van der Waals surface area (Å²) in [6, 6.07) is 0.624. The quantitative estimate of drug-likeness (QED) is 0.529. The molecule has 1 heteroatoms. The summed E-state index contributed by atoms with van der Waals surface area (Å²) in [4.78, 5) is 0. The smallest absolute Gasteiger partial charge is 0.0455 e. The minimum absolute atomic E-state index is 0.624. The summed E-state index contributed by atoms with van der Waals surface area (Å²) in [5, 5.41) is 4.68. The van der Waals surface area contributed by atoms with E-state index in [0.29, 0.717) is 6.04 Å². The Morgan fingerprint density at radius 1 is 1.17 bits per heavy atom. The van der Waals surface area contributed by atoms with Crippen molar-refractivity contribution in [3.8, 4) is 0 Å². The minimum Gasteiger partial charge on any atom is -0.234 e. The molecular formula is C11H18N. The first-order chi connectivity index (χ1) is 5.97. The maximum atomic E-state index is 4.68. The highest BCUT2D eigenvalue weighted by Crippen LogP contribution is 2.25. The molecule has 1 aliphatic heterocycles. The maximum Gasteiger partial charge on any atom is 0.0455 e. The summed E-state index contributed by atoms with van der Waals surface area (Å²) in [6.45, 7) is 1.11. The Kier molecular flexibility index (Phi) is 2.83. The van der Waals surface area contributed by atoms with E-state index in [2.05, 4.69) is 11.4 Å². The van der Waals surface area contributed by atoms with Gasteiger partial charge in [0.05, 0.1) is 0 Å². The van der Waals surface area contributed by atoms with Crippen LogP contribution in [0.15, 0.2) is 11.6 Å². The highest BCUT2D eigenvalue weighted by molar-refractivity contribution is 5.13. The summed E-state index contributed by atoms with van der Waals surface area (Å²) < 4.78 is 0. The molecule has 0 bridgehead atoms. The second kappa shape index (κ2) is 4.08. The third-order valence-electron chi connectivity index (χ3n) is 2.99. The molecule has 67 valence electrons. The Bertz CT molecular complexity index is 166. The van der Waals surface area contributed by atoms with Crippen molar-refractivity contribution in [1.82, 2.24) is 5.32 Å². The molecule has 0 saturated carbocycles. The van der Waals surface area contributed by atoms with E-state index in [4.69, 9.17) is 0 Å². The van der Waals surface area contributed by atoms with E-state index in [1.807, 2.05) is 0 Å². The molecule has 1 aliphatic carbocycles. The van der Waals surface area contributed by atoms with E-state index < -0.39 is 0 Å². The predicted molar refractivity (Wildman–Crippen MR) is 51.2 cm³/mol. The van der Waals surface area contributed by atoms with Gasteiger partial charge < -0.3 is 0 Å². The lowest BCUT2D eigenvalue weighted by atomic mass is 9.89. The first-order valence-electron chi connectivity index (χ1n) is 5.32. The minimum atomic E-state index is 0.624. The molecule has 12 heavy (non-hydrogen) atoms. The average Bonchev–Trinajstić information content (AvgIpc) is 2.21. The Morgan fingerprint density at radius 3 is 2.83 bits per heavy atom. The first-order valence-corrected chi connectivity index (χ1v) is 5.32. The van der Waals surface area contributed by atoms with Crippen molar-refractivity contribution in [2.75, 3.05) is 6.54 Å². The molecule has 0 aromatic rings. The zero-order valence-corrected chi connectivity index (χ0v) is 7.76. The Labute approximate surface area is 75.2 Å². The molecule has 0 spiro atoms. The molecule has 1 radical (unpaired) electrons. The van der Waals surface area contributed by atoms with Gasteiger partial charge in [0.2, 0.25) is 0 Å². The monoisotopic (exact) mass is 164 g/mol. The second-order valence-corrected chi connectivity index (χ2v) is 3.94. The van der Waals surface area contributed by atoms with Gasteiger partial charge in [-0.3, -0.25) is 0 Å². The highest BCUT2D eigenvalue weighted by atomic mass is 14.9. The van der Waals surface area contributed by atoms with Crippen LogP contribution in [0.5, 0.6) is 0 Å². The fraction of sp³-hybridized carbons (Fsp3) is 0.818. The summed E-state index contributed by atoms with van der Waals surface area (Å²) in [6.07, 6.45) is 11.9. The van der Waals surface area contributed by atoms with Crippen molar-refractivity contribution in [2.45, 2.75) is 51.0 Å². The first kappa shape index (κ1) is 8.31. The average molecular weight is 164 g/mol. The van der Waals surface area contributed by atoms with Crippen LogP contribution in [0.25, 0.3) is 0 Å². The Morgan fingerprint density at radius 2 is 2.17 bits per heavy atom. The van der Waals surface area contributed by atoms with Crippen LogP contribution in [0.2, 0.25) is 0 Å². The van der Waals surface area contributed by atoms with E-state index in [9.17, 15) is 0 Å². The number of piperidine rings is 1. The van der Waals surface area contributed by atoms with Gasteiger partial charge in [-0.2, -0.15) is 0 Å². The van der Waals surface area contributed by atoms with Gasteiger partial charge in [-0.05, 0) is 38.5 Å². The van der Waals surface area contributed by atoms with Gasteiger partial charge in [0.25, 0.3) is 0 Å². The summed E-state index contributed by atoms with van der Waals surface area (Å²) in [5.41, 5.74) is 1.65. The normalized spacial score (nSPS) is 31.3. The zero-order chi connectivity index (χ0) is 8.23. The molecule has 1 fully saturated rings. The molecule has 1 saturated heterocycles. The van der Waals surface area contributed by atoms with Gasteiger partial charge in [0, 0.05) is 12.6 Å². The maximum absolute atomic E-state index is 4.68. The van der Waals surface area contributed by atoms with Crippen molar-refractivity contribution in [3.05, 3.63) is 11.6 Å². The van der Waals surface area contributed by atoms with E-state index in [-0.39, 0.29) is 0 Å². The molecule has 0 aromatic carbocycles. The van der Waals surface area contributed by atoms with Crippen molar-refractivity contribution < 1.29 is 0 Å². The molecule has 0 amide bonds. The van der Waals surface area contributed by atoms with Crippen LogP contribution in [-0.4, -0.2) is 12.6 Å². The number of nitrogens with zero attached hydrogens (tertiary/aromatic N) is 1. The van der Waals surface area contributed by atoms with E-state index in [0.717, 1.165) is 6.54 Å². The molecule has 0 N–H and O–H groups in total. The van der Waals surface area contributed by atoms with Crippen molar-refractivity contribution in [3.63, 3.8) is 0 Å². The SMILES string of the molecule is C1=C(C2CCCC[N]2)CCCC1. The third kappa shape index (κ3) is 1.89. The van der Waals surface area contributed by atoms with Crippen LogP contribution in [0.3, 0.4) is 0 Å². The van der Waals surface area contributed by atoms with E-state index in [1.165, 1.54) is 44.9 Å². The van der Waals surface area contributed by atoms with Gasteiger partial charge in [-0.15, -0.1) is 0 Å². The molecular weight excluding hydrogens is 146 g/mol. The second-order valence-electron chi connectivity index (χ2n) is 3.94. The van der Waals surface area contributed by atoms with Crippen LogP contribution in [0.4, 0.5) is 0 Å². The number of rotatable bonds is 1.